The van der Waals surface area contributed by atoms with E-state index >= 15 is 0 Å². The van der Waals surface area contributed by atoms with E-state index in [9.17, 15) is 4.79 Å². The highest BCUT2D eigenvalue weighted by Gasteiger charge is 2.23. The number of H-pyrrole nitrogens is 1. The number of aromatic amines is 1. The van der Waals surface area contributed by atoms with Gasteiger partial charge in [0.1, 0.15) is 17.9 Å². The zero-order valence-corrected chi connectivity index (χ0v) is 17.0. The van der Waals surface area contributed by atoms with Crippen molar-refractivity contribution in [2.45, 2.75) is 25.9 Å². The van der Waals surface area contributed by atoms with Gasteiger partial charge in [-0.25, -0.2) is 5.10 Å². The highest BCUT2D eigenvalue weighted by atomic mass is 16.5. The van der Waals surface area contributed by atoms with Crippen molar-refractivity contribution < 1.29 is 13.9 Å². The maximum atomic E-state index is 13.0. The molecule has 2 aromatic carbocycles. The Morgan fingerprint density at radius 3 is 2.68 bits per heavy atom. The van der Waals surface area contributed by atoms with Crippen molar-refractivity contribution in [1.29, 1.82) is 0 Å². The maximum Gasteiger partial charge on any atom is 0.294 e. The molecule has 0 spiro atoms. The largest absolute Gasteiger partial charge is 0.489 e. The molecule has 2 aromatic heterocycles. The van der Waals surface area contributed by atoms with E-state index in [0.717, 1.165) is 37.1 Å². The van der Waals surface area contributed by atoms with Gasteiger partial charge in [-0.3, -0.25) is 10.1 Å². The molecule has 0 aliphatic carbocycles. The highest BCUT2D eigenvalue weighted by molar-refractivity contribution is 6.05. The summed E-state index contributed by atoms with van der Waals surface area (Å²) >= 11 is 0. The molecule has 1 amide bonds. The molecule has 0 saturated carbocycles. The third kappa shape index (κ3) is 4.09. The fraction of sp³-hybridized carbons (Fsp3) is 0.261. The molecule has 8 nitrogen and oxygen atoms in total. The van der Waals surface area contributed by atoms with Crippen molar-refractivity contribution in [2.24, 2.45) is 0 Å². The van der Waals surface area contributed by atoms with Crippen LogP contribution in [-0.4, -0.2) is 34.2 Å². The van der Waals surface area contributed by atoms with Crippen LogP contribution in [0.3, 0.4) is 0 Å². The van der Waals surface area contributed by atoms with Crippen molar-refractivity contribution in [1.82, 2.24) is 15.2 Å². The van der Waals surface area contributed by atoms with Gasteiger partial charge in [-0.15, -0.1) is 5.10 Å². The van der Waals surface area contributed by atoms with Crippen molar-refractivity contribution in [3.63, 3.8) is 0 Å². The number of fused-ring (bicyclic) bond motifs is 1. The minimum Gasteiger partial charge on any atom is -0.489 e. The number of rotatable bonds is 6. The fourth-order valence-electron chi connectivity index (χ4n) is 3.81. The van der Waals surface area contributed by atoms with Crippen LogP contribution in [0, 0.1) is 0 Å². The Hall–Kier alpha value is -3.81. The maximum absolute atomic E-state index is 13.0. The zero-order valence-electron chi connectivity index (χ0n) is 17.0. The molecule has 3 heterocycles. The average Bonchev–Trinajstić information content (AvgIpc) is 3.44. The van der Waals surface area contributed by atoms with Gasteiger partial charge >= 0.3 is 0 Å². The molecule has 0 unspecified atom stereocenters. The number of hydrogen-bond acceptors (Lipinski definition) is 6. The van der Waals surface area contributed by atoms with Gasteiger partial charge in [0.25, 0.3) is 5.91 Å². The molecule has 8 heteroatoms. The first-order valence-electron chi connectivity index (χ1n) is 10.4. The summed E-state index contributed by atoms with van der Waals surface area (Å²) in [7, 11) is 0. The first-order chi connectivity index (χ1) is 15.3. The Morgan fingerprint density at radius 1 is 1.06 bits per heavy atom. The number of aromatic nitrogens is 3. The number of para-hydroxylation sites is 2. The summed E-state index contributed by atoms with van der Waals surface area (Å²) in [5, 5.41) is 10.7. The fourth-order valence-corrected chi connectivity index (χ4v) is 3.81. The standard InChI is InChI=1S/C23H23N5O3/c29-21(24-22-25-23(27-26-22)28-13-7-2-8-14-28)20-18(15-30-16-9-3-1-4-10-16)17-11-5-6-12-19(17)31-20/h1,3-6,9-12H,2,7-8,13-15H2,(H2,24,25,26,27,29). The number of hydrogen-bond donors (Lipinski definition) is 2. The lowest BCUT2D eigenvalue weighted by molar-refractivity contribution is 0.0994. The molecule has 31 heavy (non-hydrogen) atoms. The van der Waals surface area contributed by atoms with Gasteiger partial charge in [0.15, 0.2) is 5.76 Å². The van der Waals surface area contributed by atoms with Crippen molar-refractivity contribution >= 4 is 28.8 Å². The molecule has 1 fully saturated rings. The number of nitrogens with one attached hydrogen (secondary N) is 2. The summed E-state index contributed by atoms with van der Waals surface area (Å²) in [6, 6.07) is 17.0. The number of amides is 1. The first kappa shape index (κ1) is 19.2. The van der Waals surface area contributed by atoms with Gasteiger partial charge in [-0.2, -0.15) is 4.98 Å². The van der Waals surface area contributed by atoms with Gasteiger partial charge in [0, 0.05) is 24.0 Å². The molecule has 1 aliphatic rings. The summed E-state index contributed by atoms with van der Waals surface area (Å²) in [6.45, 7) is 2.06. The van der Waals surface area contributed by atoms with Crippen molar-refractivity contribution in [3.8, 4) is 5.75 Å². The first-order valence-corrected chi connectivity index (χ1v) is 10.4. The van der Waals surface area contributed by atoms with E-state index < -0.39 is 5.91 Å². The SMILES string of the molecule is O=C(Nc1nc(N2CCCCC2)n[nH]1)c1oc2ccccc2c1COc1ccccc1. The number of ether oxygens (including phenoxy) is 1. The van der Waals surface area contributed by atoms with E-state index in [-0.39, 0.29) is 12.4 Å². The van der Waals surface area contributed by atoms with Crippen LogP contribution in [-0.2, 0) is 6.61 Å². The quantitative estimate of drug-likeness (QED) is 0.484. The number of anilines is 2. The number of carbonyl (C=O) groups is 1. The Kier molecular flexibility index (Phi) is 5.26. The van der Waals surface area contributed by atoms with Gasteiger partial charge in [-0.1, -0.05) is 36.4 Å². The van der Waals surface area contributed by atoms with Crippen LogP contribution in [0.5, 0.6) is 5.75 Å². The van der Waals surface area contributed by atoms with E-state index in [4.69, 9.17) is 9.15 Å². The lowest BCUT2D eigenvalue weighted by Crippen LogP contribution is -2.30. The van der Waals surface area contributed by atoms with Crippen LogP contribution in [0.2, 0.25) is 0 Å². The number of carbonyl (C=O) groups excluding carboxylic acids is 1. The van der Waals surface area contributed by atoms with Crippen LogP contribution < -0.4 is 15.0 Å². The third-order valence-corrected chi connectivity index (χ3v) is 5.38. The topological polar surface area (TPSA) is 96.3 Å². The monoisotopic (exact) mass is 417 g/mol. The third-order valence-electron chi connectivity index (χ3n) is 5.38. The lowest BCUT2D eigenvalue weighted by atomic mass is 10.1. The van der Waals surface area contributed by atoms with Crippen molar-refractivity contribution in [3.05, 3.63) is 65.9 Å². The molecule has 1 saturated heterocycles. The molecule has 2 N–H and O–H groups in total. The molecule has 0 bridgehead atoms. The minimum atomic E-state index is -0.399. The van der Waals surface area contributed by atoms with Gasteiger partial charge < -0.3 is 14.1 Å². The van der Waals surface area contributed by atoms with E-state index in [2.05, 4.69) is 25.4 Å². The summed E-state index contributed by atoms with van der Waals surface area (Å²) < 4.78 is 11.8. The van der Waals surface area contributed by atoms with Crippen molar-refractivity contribution in [2.75, 3.05) is 23.3 Å². The van der Waals surface area contributed by atoms with E-state index in [0.29, 0.717) is 23.0 Å². The zero-order chi connectivity index (χ0) is 21.0. The van der Waals surface area contributed by atoms with E-state index in [1.165, 1.54) is 6.42 Å². The molecule has 4 aromatic rings. The predicted molar refractivity (Wildman–Crippen MR) is 117 cm³/mol. The minimum absolute atomic E-state index is 0.202. The Morgan fingerprint density at radius 2 is 1.84 bits per heavy atom. The lowest BCUT2D eigenvalue weighted by Gasteiger charge is -2.24. The van der Waals surface area contributed by atoms with Crippen LogP contribution in [0.1, 0.15) is 35.4 Å². The number of furan rings is 1. The van der Waals surface area contributed by atoms with Crippen LogP contribution in [0.25, 0.3) is 11.0 Å². The molecule has 0 atom stereocenters. The summed E-state index contributed by atoms with van der Waals surface area (Å²) in [5.74, 6) is 1.42. The van der Waals surface area contributed by atoms with Crippen LogP contribution in [0.15, 0.2) is 59.0 Å². The Labute approximate surface area is 179 Å². The van der Waals surface area contributed by atoms with Gasteiger partial charge in [-0.05, 0) is 37.5 Å². The summed E-state index contributed by atoms with van der Waals surface area (Å²) in [4.78, 5) is 19.6. The summed E-state index contributed by atoms with van der Waals surface area (Å²) in [5.41, 5.74) is 1.32. The second-order valence-electron chi connectivity index (χ2n) is 7.49. The normalized spacial score (nSPS) is 14.0. The second-order valence-corrected chi connectivity index (χ2v) is 7.49. The van der Waals surface area contributed by atoms with E-state index in [1.54, 1.807) is 0 Å². The number of nitrogens with zero attached hydrogens (tertiary/aromatic N) is 3. The predicted octanol–water partition coefficient (Wildman–Crippen LogP) is 4.37. The Balaban J connectivity index is 1.37. The van der Waals surface area contributed by atoms with Gasteiger partial charge in [0.2, 0.25) is 11.9 Å². The number of piperidine rings is 1. The average molecular weight is 417 g/mol. The second kappa shape index (κ2) is 8.51. The van der Waals surface area contributed by atoms with E-state index in [1.807, 2.05) is 54.6 Å². The molecular weight excluding hydrogens is 394 g/mol. The Bertz CT molecular complexity index is 1180. The molecular formula is C23H23N5O3. The molecule has 1 aliphatic heterocycles. The van der Waals surface area contributed by atoms with Crippen LogP contribution >= 0.6 is 0 Å². The number of benzene rings is 2. The molecule has 5 rings (SSSR count). The van der Waals surface area contributed by atoms with Gasteiger partial charge in [0.05, 0.1) is 0 Å². The highest BCUT2D eigenvalue weighted by Crippen LogP contribution is 2.28. The molecule has 0 radical (unpaired) electrons. The van der Waals surface area contributed by atoms with Crippen LogP contribution in [0.4, 0.5) is 11.9 Å². The summed E-state index contributed by atoms with van der Waals surface area (Å²) in [6.07, 6.45) is 3.48. The molecule has 158 valence electrons. The smallest absolute Gasteiger partial charge is 0.294 e.